The van der Waals surface area contributed by atoms with Gasteiger partial charge in [-0.15, -0.1) is 0 Å². The first kappa shape index (κ1) is 21.8. The van der Waals surface area contributed by atoms with Gasteiger partial charge in [0.2, 0.25) is 0 Å². The van der Waals surface area contributed by atoms with Crippen molar-refractivity contribution in [3.63, 3.8) is 0 Å². The van der Waals surface area contributed by atoms with Gasteiger partial charge in [0.25, 0.3) is 5.91 Å². The molecule has 2 atom stereocenters. The van der Waals surface area contributed by atoms with Crippen LogP contribution in [0.4, 0.5) is 5.69 Å². The number of hydrogen-bond donors (Lipinski definition) is 1. The van der Waals surface area contributed by atoms with E-state index in [1.54, 1.807) is 0 Å². The van der Waals surface area contributed by atoms with Crippen LogP contribution in [0.5, 0.6) is 0 Å². The van der Waals surface area contributed by atoms with Gasteiger partial charge in [-0.3, -0.25) is 9.69 Å². The molecule has 0 radical (unpaired) electrons. The van der Waals surface area contributed by atoms with E-state index in [0.29, 0.717) is 12.1 Å². The van der Waals surface area contributed by atoms with Crippen molar-refractivity contribution in [3.05, 3.63) is 65.2 Å². The summed E-state index contributed by atoms with van der Waals surface area (Å²) < 4.78 is 5.42. The summed E-state index contributed by atoms with van der Waals surface area (Å²) >= 11 is 0. The van der Waals surface area contributed by atoms with E-state index in [1.807, 2.05) is 24.3 Å². The van der Waals surface area contributed by atoms with Crippen molar-refractivity contribution < 1.29 is 9.53 Å². The van der Waals surface area contributed by atoms with Crippen molar-refractivity contribution in [2.24, 2.45) is 11.8 Å². The monoisotopic (exact) mass is 421 g/mol. The Labute approximate surface area is 186 Å². The van der Waals surface area contributed by atoms with Crippen LogP contribution in [0.15, 0.2) is 48.5 Å². The summed E-state index contributed by atoms with van der Waals surface area (Å²) in [5.41, 5.74) is 4.36. The van der Waals surface area contributed by atoms with E-state index >= 15 is 0 Å². The van der Waals surface area contributed by atoms with Crippen LogP contribution in [-0.2, 0) is 17.8 Å². The molecule has 166 valence electrons. The third-order valence-electron chi connectivity index (χ3n) is 6.40. The van der Waals surface area contributed by atoms with Crippen LogP contribution in [0.1, 0.15) is 41.8 Å². The lowest BCUT2D eigenvalue weighted by Gasteiger charge is -2.35. The van der Waals surface area contributed by atoms with Crippen molar-refractivity contribution in [3.8, 4) is 0 Å². The quantitative estimate of drug-likeness (QED) is 0.768. The number of benzene rings is 2. The molecular formula is C26H35N3O2. The van der Waals surface area contributed by atoms with Gasteiger partial charge < -0.3 is 15.0 Å². The summed E-state index contributed by atoms with van der Waals surface area (Å²) in [6.07, 6.45) is 1.32. The number of carbonyl (C=O) groups excluding carboxylic acids is 1. The molecule has 2 aliphatic heterocycles. The molecule has 0 spiro atoms. The molecule has 2 aromatic carbocycles. The maximum absolute atomic E-state index is 12.7. The van der Waals surface area contributed by atoms with Gasteiger partial charge in [-0.2, -0.15) is 0 Å². The Balaban J connectivity index is 1.35. The maximum Gasteiger partial charge on any atom is 0.251 e. The molecule has 4 rings (SSSR count). The van der Waals surface area contributed by atoms with Crippen LogP contribution in [0.3, 0.4) is 0 Å². The van der Waals surface area contributed by atoms with Crippen LogP contribution >= 0.6 is 0 Å². The fourth-order valence-corrected chi connectivity index (χ4v) is 4.97. The van der Waals surface area contributed by atoms with Gasteiger partial charge >= 0.3 is 0 Å². The Morgan fingerprint density at radius 2 is 1.61 bits per heavy atom. The highest BCUT2D eigenvalue weighted by atomic mass is 16.5. The Morgan fingerprint density at radius 1 is 0.968 bits per heavy atom. The van der Waals surface area contributed by atoms with Gasteiger partial charge in [0.05, 0.1) is 13.2 Å². The molecule has 31 heavy (non-hydrogen) atoms. The summed E-state index contributed by atoms with van der Waals surface area (Å²) in [6.45, 7) is 11.8. The van der Waals surface area contributed by atoms with E-state index in [2.05, 4.69) is 53.2 Å². The summed E-state index contributed by atoms with van der Waals surface area (Å²) in [6, 6.07) is 16.4. The molecule has 0 aromatic heterocycles. The molecule has 1 N–H and O–H groups in total. The van der Waals surface area contributed by atoms with E-state index in [0.717, 1.165) is 63.5 Å². The number of morpholine rings is 1. The largest absolute Gasteiger partial charge is 0.378 e. The average molecular weight is 422 g/mol. The molecule has 2 aliphatic rings. The molecule has 5 heteroatoms. The summed E-state index contributed by atoms with van der Waals surface area (Å²) in [4.78, 5) is 17.6. The first-order valence-corrected chi connectivity index (χ1v) is 11.6. The number of ether oxygens (including phenoxy) is 1. The topological polar surface area (TPSA) is 44.8 Å². The van der Waals surface area contributed by atoms with Crippen molar-refractivity contribution in [2.45, 2.75) is 33.4 Å². The highest BCUT2D eigenvalue weighted by Gasteiger charge is 2.22. The SMILES string of the molecule is CC1CC(C)CN(Cc2ccccc2CNC(=O)c2ccc(N3CCOCC3)cc2)C1. The lowest BCUT2D eigenvalue weighted by molar-refractivity contribution is 0.0950. The first-order valence-electron chi connectivity index (χ1n) is 11.6. The average Bonchev–Trinajstić information content (AvgIpc) is 2.78. The Hall–Kier alpha value is -2.37. The zero-order valence-electron chi connectivity index (χ0n) is 18.8. The van der Waals surface area contributed by atoms with Crippen LogP contribution in [0, 0.1) is 11.8 Å². The Kier molecular flexibility index (Phi) is 7.25. The van der Waals surface area contributed by atoms with Crippen molar-refractivity contribution in [1.82, 2.24) is 10.2 Å². The van der Waals surface area contributed by atoms with Gasteiger partial charge in [-0.1, -0.05) is 38.1 Å². The number of amides is 1. The second-order valence-corrected chi connectivity index (χ2v) is 9.24. The third-order valence-corrected chi connectivity index (χ3v) is 6.40. The molecular weight excluding hydrogens is 386 g/mol. The summed E-state index contributed by atoms with van der Waals surface area (Å²) in [5.74, 6) is 1.47. The fourth-order valence-electron chi connectivity index (χ4n) is 4.97. The normalized spacial score (nSPS) is 22.3. The summed E-state index contributed by atoms with van der Waals surface area (Å²) in [5, 5.41) is 3.12. The van der Waals surface area contributed by atoms with Crippen LogP contribution in [0.25, 0.3) is 0 Å². The van der Waals surface area contributed by atoms with Gasteiger partial charge in [0, 0.05) is 50.5 Å². The minimum Gasteiger partial charge on any atom is -0.378 e. The van der Waals surface area contributed by atoms with Crippen molar-refractivity contribution in [2.75, 3.05) is 44.3 Å². The van der Waals surface area contributed by atoms with Gasteiger partial charge in [0.1, 0.15) is 0 Å². The van der Waals surface area contributed by atoms with Gasteiger partial charge in [-0.25, -0.2) is 0 Å². The molecule has 2 fully saturated rings. The standard InChI is InChI=1S/C26H35N3O2/c1-20-15-21(2)18-28(17-20)19-24-6-4-3-5-23(24)16-27-26(30)22-7-9-25(10-8-22)29-11-13-31-14-12-29/h3-10,20-21H,11-19H2,1-2H3,(H,27,30). The van der Waals surface area contributed by atoms with Crippen molar-refractivity contribution in [1.29, 1.82) is 0 Å². The highest BCUT2D eigenvalue weighted by molar-refractivity contribution is 5.94. The maximum atomic E-state index is 12.7. The minimum atomic E-state index is -0.0245. The number of nitrogens with zero attached hydrogens (tertiary/aromatic N) is 2. The predicted molar refractivity (Wildman–Crippen MR) is 125 cm³/mol. The van der Waals surface area contributed by atoms with E-state index in [-0.39, 0.29) is 5.91 Å². The molecule has 0 bridgehead atoms. The Morgan fingerprint density at radius 3 is 2.29 bits per heavy atom. The van der Waals surface area contributed by atoms with E-state index in [9.17, 15) is 4.79 Å². The molecule has 0 aliphatic carbocycles. The van der Waals surface area contributed by atoms with E-state index in [4.69, 9.17) is 4.74 Å². The van der Waals surface area contributed by atoms with Crippen LogP contribution in [-0.4, -0.2) is 50.2 Å². The second-order valence-electron chi connectivity index (χ2n) is 9.24. The summed E-state index contributed by atoms with van der Waals surface area (Å²) in [7, 11) is 0. The zero-order valence-corrected chi connectivity index (χ0v) is 18.8. The predicted octanol–water partition coefficient (Wildman–Crippen LogP) is 3.93. The van der Waals surface area contributed by atoms with Gasteiger partial charge in [-0.05, 0) is 53.6 Å². The molecule has 2 saturated heterocycles. The van der Waals surface area contributed by atoms with E-state index < -0.39 is 0 Å². The van der Waals surface area contributed by atoms with Crippen LogP contribution in [0.2, 0.25) is 0 Å². The molecule has 1 amide bonds. The number of carbonyl (C=O) groups is 1. The number of hydrogen-bond acceptors (Lipinski definition) is 4. The number of piperidine rings is 1. The van der Waals surface area contributed by atoms with Crippen molar-refractivity contribution >= 4 is 11.6 Å². The first-order chi connectivity index (χ1) is 15.1. The molecule has 0 saturated carbocycles. The molecule has 5 nitrogen and oxygen atoms in total. The van der Waals surface area contributed by atoms with E-state index in [1.165, 1.54) is 17.5 Å². The Bertz CT molecular complexity index is 851. The lowest BCUT2D eigenvalue weighted by atomic mass is 9.91. The zero-order chi connectivity index (χ0) is 21.6. The molecule has 2 heterocycles. The minimum absolute atomic E-state index is 0.0245. The highest BCUT2D eigenvalue weighted by Crippen LogP contribution is 2.23. The van der Waals surface area contributed by atoms with Crippen LogP contribution < -0.4 is 10.2 Å². The number of likely N-dealkylation sites (tertiary alicyclic amines) is 1. The number of anilines is 1. The third kappa shape index (κ3) is 5.86. The van der Waals surface area contributed by atoms with Gasteiger partial charge in [0.15, 0.2) is 0 Å². The second kappa shape index (κ2) is 10.3. The number of nitrogens with one attached hydrogen (secondary N) is 1. The molecule has 2 unspecified atom stereocenters. The smallest absolute Gasteiger partial charge is 0.251 e. The fraction of sp³-hybridized carbons (Fsp3) is 0.500. The lowest BCUT2D eigenvalue weighted by Crippen LogP contribution is -2.38. The molecule has 2 aromatic rings. The number of rotatable bonds is 6.